The lowest BCUT2D eigenvalue weighted by atomic mass is 10.4. The van der Waals surface area contributed by atoms with Gasteiger partial charge in [0.15, 0.2) is 5.96 Å². The summed E-state index contributed by atoms with van der Waals surface area (Å²) in [5, 5.41) is 2.95. The molecular weight excluding hydrogens is 240 g/mol. The van der Waals surface area contributed by atoms with Crippen LogP contribution in [-0.4, -0.2) is 51.1 Å². The second-order valence-electron chi connectivity index (χ2n) is 3.80. The van der Waals surface area contributed by atoms with E-state index in [9.17, 15) is 8.42 Å². The van der Waals surface area contributed by atoms with E-state index in [2.05, 4.69) is 10.3 Å². The molecule has 0 aliphatic heterocycles. The lowest BCUT2D eigenvalue weighted by Gasteiger charge is -2.17. The van der Waals surface area contributed by atoms with Gasteiger partial charge < -0.3 is 11.1 Å². The number of hydrogen-bond donors (Lipinski definition) is 2. The van der Waals surface area contributed by atoms with Crippen LogP contribution in [0.4, 0.5) is 0 Å². The average molecular weight is 264 g/mol. The highest BCUT2D eigenvalue weighted by atomic mass is 32.2. The number of sulfonamides is 1. The summed E-state index contributed by atoms with van der Waals surface area (Å²) in [7, 11) is -3.09. The van der Waals surface area contributed by atoms with E-state index < -0.39 is 10.0 Å². The van der Waals surface area contributed by atoms with Gasteiger partial charge in [-0.05, 0) is 12.8 Å². The summed E-state index contributed by atoms with van der Waals surface area (Å²) in [6.07, 6.45) is 2.89. The van der Waals surface area contributed by atoms with Crippen molar-refractivity contribution < 1.29 is 8.42 Å². The SMILES string of the molecule is CCCN=C(N)NCCCN(CC)S(C)(=O)=O. The van der Waals surface area contributed by atoms with E-state index in [1.165, 1.54) is 10.6 Å². The minimum absolute atomic E-state index is 0.425. The summed E-state index contributed by atoms with van der Waals surface area (Å²) < 4.78 is 24.0. The van der Waals surface area contributed by atoms with Crippen molar-refractivity contribution in [2.45, 2.75) is 26.7 Å². The van der Waals surface area contributed by atoms with E-state index in [-0.39, 0.29) is 0 Å². The number of hydrogen-bond acceptors (Lipinski definition) is 3. The molecule has 0 atom stereocenters. The number of nitrogens with one attached hydrogen (secondary N) is 1. The summed E-state index contributed by atoms with van der Waals surface area (Å²) in [4.78, 5) is 4.08. The van der Waals surface area contributed by atoms with Crippen LogP contribution in [-0.2, 0) is 10.0 Å². The normalized spacial score (nSPS) is 13.1. The molecule has 0 unspecified atom stereocenters. The van der Waals surface area contributed by atoms with Crippen LogP contribution in [0.2, 0.25) is 0 Å². The molecule has 0 rings (SSSR count). The molecule has 0 fully saturated rings. The zero-order valence-electron chi connectivity index (χ0n) is 10.9. The Morgan fingerprint density at radius 1 is 1.41 bits per heavy atom. The van der Waals surface area contributed by atoms with Crippen LogP contribution in [0, 0.1) is 0 Å². The molecule has 0 spiro atoms. The van der Waals surface area contributed by atoms with E-state index in [4.69, 9.17) is 5.73 Å². The average Bonchev–Trinajstić information content (AvgIpc) is 2.24. The van der Waals surface area contributed by atoms with Gasteiger partial charge in [0.05, 0.1) is 6.26 Å². The molecule has 6 nitrogen and oxygen atoms in total. The first kappa shape index (κ1) is 16.2. The third-order valence-corrected chi connectivity index (χ3v) is 3.60. The van der Waals surface area contributed by atoms with E-state index in [1.807, 2.05) is 13.8 Å². The van der Waals surface area contributed by atoms with Gasteiger partial charge in [0.1, 0.15) is 0 Å². The molecule has 0 aliphatic rings. The summed E-state index contributed by atoms with van der Waals surface area (Å²) in [6.45, 7) is 6.20. The van der Waals surface area contributed by atoms with Crippen LogP contribution in [0.3, 0.4) is 0 Å². The number of aliphatic imine (C=N–C) groups is 1. The molecule has 17 heavy (non-hydrogen) atoms. The smallest absolute Gasteiger partial charge is 0.211 e. The van der Waals surface area contributed by atoms with Gasteiger partial charge in [-0.25, -0.2) is 12.7 Å². The molecule has 0 heterocycles. The minimum atomic E-state index is -3.09. The first-order chi connectivity index (χ1) is 7.91. The zero-order chi connectivity index (χ0) is 13.3. The molecule has 0 aromatic heterocycles. The predicted octanol–water partition coefficient (Wildman–Crippen LogP) is -0.0277. The molecule has 0 bridgehead atoms. The molecule has 0 saturated heterocycles. The van der Waals surface area contributed by atoms with Crippen LogP contribution in [0.5, 0.6) is 0 Å². The Hall–Kier alpha value is -0.820. The largest absolute Gasteiger partial charge is 0.370 e. The van der Waals surface area contributed by atoms with Crippen molar-refractivity contribution in [2.24, 2.45) is 10.7 Å². The maximum Gasteiger partial charge on any atom is 0.211 e. The Kier molecular flexibility index (Phi) is 7.90. The standard InChI is InChI=1S/C10H24N4O2S/c1-4-7-12-10(11)13-8-6-9-14(5-2)17(3,15)16/h4-9H2,1-3H3,(H3,11,12,13). The highest BCUT2D eigenvalue weighted by Crippen LogP contribution is 1.97. The van der Waals surface area contributed by atoms with Crippen molar-refractivity contribution in [3.05, 3.63) is 0 Å². The van der Waals surface area contributed by atoms with Gasteiger partial charge in [0.2, 0.25) is 10.0 Å². The molecule has 0 aromatic rings. The van der Waals surface area contributed by atoms with E-state index in [0.29, 0.717) is 38.6 Å². The molecule has 102 valence electrons. The Balaban J connectivity index is 3.84. The molecule has 0 aromatic carbocycles. The minimum Gasteiger partial charge on any atom is -0.370 e. The fourth-order valence-electron chi connectivity index (χ4n) is 1.32. The second kappa shape index (κ2) is 8.30. The van der Waals surface area contributed by atoms with Crippen molar-refractivity contribution in [1.29, 1.82) is 0 Å². The number of nitrogens with zero attached hydrogens (tertiary/aromatic N) is 2. The third kappa shape index (κ3) is 7.98. The lowest BCUT2D eigenvalue weighted by Crippen LogP contribution is -2.36. The molecular formula is C10H24N4O2S. The van der Waals surface area contributed by atoms with Crippen LogP contribution < -0.4 is 11.1 Å². The highest BCUT2D eigenvalue weighted by molar-refractivity contribution is 7.88. The molecule has 0 saturated carbocycles. The molecule has 3 N–H and O–H groups in total. The van der Waals surface area contributed by atoms with E-state index in [1.54, 1.807) is 0 Å². The van der Waals surface area contributed by atoms with Crippen molar-refractivity contribution in [3.8, 4) is 0 Å². The summed E-state index contributed by atoms with van der Waals surface area (Å²) >= 11 is 0. The fourth-order valence-corrected chi connectivity index (χ4v) is 2.25. The number of guanidine groups is 1. The van der Waals surface area contributed by atoms with Crippen LogP contribution >= 0.6 is 0 Å². The lowest BCUT2D eigenvalue weighted by molar-refractivity contribution is 0.424. The molecule has 7 heteroatoms. The van der Waals surface area contributed by atoms with Crippen molar-refractivity contribution in [2.75, 3.05) is 32.4 Å². The van der Waals surface area contributed by atoms with Gasteiger partial charge in [-0.2, -0.15) is 0 Å². The van der Waals surface area contributed by atoms with E-state index in [0.717, 1.165) is 6.42 Å². The van der Waals surface area contributed by atoms with Crippen LogP contribution in [0.1, 0.15) is 26.7 Å². The fraction of sp³-hybridized carbons (Fsp3) is 0.900. The molecule has 0 amide bonds. The topological polar surface area (TPSA) is 87.8 Å². The van der Waals surface area contributed by atoms with Crippen LogP contribution in [0.25, 0.3) is 0 Å². The maximum atomic E-state index is 11.3. The van der Waals surface area contributed by atoms with Crippen molar-refractivity contribution in [3.63, 3.8) is 0 Å². The van der Waals surface area contributed by atoms with Crippen LogP contribution in [0.15, 0.2) is 4.99 Å². The number of rotatable bonds is 8. The Morgan fingerprint density at radius 3 is 2.53 bits per heavy atom. The maximum absolute atomic E-state index is 11.3. The second-order valence-corrected chi connectivity index (χ2v) is 5.78. The summed E-state index contributed by atoms with van der Waals surface area (Å²) in [6, 6.07) is 0. The first-order valence-corrected chi connectivity index (χ1v) is 7.75. The third-order valence-electron chi connectivity index (χ3n) is 2.22. The quantitative estimate of drug-likeness (QED) is 0.366. The Morgan fingerprint density at radius 2 is 2.06 bits per heavy atom. The molecule has 0 radical (unpaired) electrons. The first-order valence-electron chi connectivity index (χ1n) is 5.90. The summed E-state index contributed by atoms with van der Waals surface area (Å²) in [5.74, 6) is 0.425. The van der Waals surface area contributed by atoms with Gasteiger partial charge in [-0.3, -0.25) is 4.99 Å². The van der Waals surface area contributed by atoms with E-state index >= 15 is 0 Å². The van der Waals surface area contributed by atoms with Gasteiger partial charge in [-0.1, -0.05) is 13.8 Å². The zero-order valence-corrected chi connectivity index (χ0v) is 11.8. The predicted molar refractivity (Wildman–Crippen MR) is 71.5 cm³/mol. The van der Waals surface area contributed by atoms with Gasteiger partial charge in [-0.15, -0.1) is 0 Å². The monoisotopic (exact) mass is 264 g/mol. The summed E-state index contributed by atoms with van der Waals surface area (Å²) in [5.41, 5.74) is 5.60. The Labute approximate surface area is 104 Å². The Bertz CT molecular complexity index is 327. The van der Waals surface area contributed by atoms with Gasteiger partial charge in [0.25, 0.3) is 0 Å². The van der Waals surface area contributed by atoms with Crippen molar-refractivity contribution >= 4 is 16.0 Å². The van der Waals surface area contributed by atoms with Gasteiger partial charge in [0, 0.05) is 26.2 Å². The van der Waals surface area contributed by atoms with Crippen molar-refractivity contribution in [1.82, 2.24) is 9.62 Å². The highest BCUT2D eigenvalue weighted by Gasteiger charge is 2.12. The van der Waals surface area contributed by atoms with Gasteiger partial charge >= 0.3 is 0 Å². The molecule has 0 aliphatic carbocycles. The number of nitrogens with two attached hydrogens (primary N) is 1.